The van der Waals surface area contributed by atoms with Gasteiger partial charge in [0.25, 0.3) is 0 Å². The van der Waals surface area contributed by atoms with Crippen molar-refractivity contribution in [3.8, 4) is 0 Å². The molecule has 0 radical (unpaired) electrons. The number of nitrogens with one attached hydrogen (secondary N) is 4. The van der Waals surface area contributed by atoms with Crippen LogP contribution in [-0.2, 0) is 40.7 Å². The van der Waals surface area contributed by atoms with Gasteiger partial charge in [-0.3, -0.25) is 28.8 Å². The van der Waals surface area contributed by atoms with Gasteiger partial charge < -0.3 is 36.5 Å². The summed E-state index contributed by atoms with van der Waals surface area (Å²) in [6, 6.07) is 4.86. The summed E-state index contributed by atoms with van der Waals surface area (Å²) in [5.41, 5.74) is 6.32. The molecule has 1 aliphatic heterocycles. The van der Waals surface area contributed by atoms with E-state index in [0.717, 1.165) is 5.56 Å². The van der Waals surface area contributed by atoms with Crippen LogP contribution in [0.3, 0.4) is 0 Å². The molecule has 5 atom stereocenters. The third kappa shape index (κ3) is 9.64. The zero-order valence-corrected chi connectivity index (χ0v) is 28.9. The van der Waals surface area contributed by atoms with Crippen LogP contribution in [-0.4, -0.2) is 86.6 Å². The molecule has 14 nitrogen and oxygen atoms in total. The van der Waals surface area contributed by atoms with Crippen LogP contribution >= 0.6 is 0 Å². The zero-order chi connectivity index (χ0) is 35.8. The van der Waals surface area contributed by atoms with Gasteiger partial charge in [-0.05, 0) is 58.4 Å². The van der Waals surface area contributed by atoms with Crippen molar-refractivity contribution < 1.29 is 28.8 Å². The smallest absolute Gasteiger partial charge is 0.243 e. The van der Waals surface area contributed by atoms with Crippen molar-refractivity contribution in [2.75, 3.05) is 6.54 Å². The van der Waals surface area contributed by atoms with Gasteiger partial charge in [0.1, 0.15) is 30.2 Å². The lowest BCUT2D eigenvalue weighted by Crippen LogP contribution is -2.59. The maximum Gasteiger partial charge on any atom is 0.243 e. The van der Waals surface area contributed by atoms with E-state index in [1.54, 1.807) is 12.5 Å². The minimum atomic E-state index is -1.19. The number of carbonyl (C=O) groups is 6. The molecule has 2 heterocycles. The van der Waals surface area contributed by atoms with E-state index in [-0.39, 0.29) is 24.7 Å². The first-order valence-corrected chi connectivity index (χ1v) is 16.4. The molecule has 0 aliphatic carbocycles. The van der Waals surface area contributed by atoms with Crippen LogP contribution in [0.25, 0.3) is 0 Å². The van der Waals surface area contributed by atoms with Crippen LogP contribution < -0.4 is 27.0 Å². The predicted molar refractivity (Wildman–Crippen MR) is 179 cm³/mol. The molecule has 1 unspecified atom stereocenters. The third-order valence-electron chi connectivity index (χ3n) is 8.68. The summed E-state index contributed by atoms with van der Waals surface area (Å²) >= 11 is 0. The highest BCUT2D eigenvalue weighted by Crippen LogP contribution is 2.27. The maximum atomic E-state index is 13.9. The third-order valence-corrected chi connectivity index (χ3v) is 8.68. The summed E-state index contributed by atoms with van der Waals surface area (Å²) < 4.78 is 1.92. The fourth-order valence-electron chi connectivity index (χ4n) is 5.83. The van der Waals surface area contributed by atoms with E-state index in [1.165, 1.54) is 25.7 Å². The predicted octanol–water partition coefficient (Wildman–Crippen LogP) is 0.730. The van der Waals surface area contributed by atoms with E-state index in [4.69, 9.17) is 5.73 Å². The highest BCUT2D eigenvalue weighted by Gasteiger charge is 2.36. The minimum absolute atomic E-state index is 0.00293. The Morgan fingerprint density at radius 3 is 2.12 bits per heavy atom. The topological polar surface area (TPSA) is 198 Å². The first-order valence-electron chi connectivity index (χ1n) is 16.4. The maximum absolute atomic E-state index is 13.9. The molecule has 6 amide bonds. The number of likely N-dealkylation sites (tertiary alicyclic amines) is 1. The Kier molecular flexibility index (Phi) is 12.9. The molecule has 1 aromatic heterocycles. The lowest BCUT2D eigenvalue weighted by Gasteiger charge is -2.31. The molecule has 48 heavy (non-hydrogen) atoms. The van der Waals surface area contributed by atoms with Gasteiger partial charge in [-0.1, -0.05) is 44.2 Å². The van der Waals surface area contributed by atoms with Crippen molar-refractivity contribution >= 4 is 35.4 Å². The van der Waals surface area contributed by atoms with Crippen molar-refractivity contribution in [3.63, 3.8) is 0 Å². The number of carbonyl (C=O) groups excluding carboxylic acids is 6. The van der Waals surface area contributed by atoms with Gasteiger partial charge in [-0.25, -0.2) is 4.98 Å². The summed E-state index contributed by atoms with van der Waals surface area (Å²) in [6.45, 7) is 12.6. The first-order chi connectivity index (χ1) is 22.5. The Labute approximate surface area is 282 Å². The van der Waals surface area contributed by atoms with E-state index >= 15 is 0 Å². The Bertz CT molecular complexity index is 1470. The van der Waals surface area contributed by atoms with Gasteiger partial charge in [0.15, 0.2) is 0 Å². The Morgan fingerprint density at radius 2 is 1.52 bits per heavy atom. The lowest BCUT2D eigenvalue weighted by molar-refractivity contribution is -0.138. The van der Waals surface area contributed by atoms with E-state index in [0.29, 0.717) is 25.1 Å². The fourth-order valence-corrected chi connectivity index (χ4v) is 5.83. The second-order valence-corrected chi connectivity index (χ2v) is 13.4. The van der Waals surface area contributed by atoms with E-state index in [1.807, 2.05) is 62.6 Å². The zero-order valence-electron chi connectivity index (χ0n) is 28.9. The monoisotopic (exact) mass is 666 g/mol. The molecular weight excluding hydrogens is 616 g/mol. The van der Waals surface area contributed by atoms with Crippen LogP contribution in [0.2, 0.25) is 0 Å². The molecule has 6 N–H and O–H groups in total. The van der Waals surface area contributed by atoms with Crippen LogP contribution in [0.1, 0.15) is 79.0 Å². The summed E-state index contributed by atoms with van der Waals surface area (Å²) in [5.74, 6) is -3.25. The normalized spacial score (nSPS) is 17.2. The molecule has 1 fully saturated rings. The average molecular weight is 667 g/mol. The molecule has 2 aromatic rings. The quantitative estimate of drug-likeness (QED) is 0.185. The summed E-state index contributed by atoms with van der Waals surface area (Å²) in [6.07, 6.45) is 4.72. The van der Waals surface area contributed by atoms with Crippen LogP contribution in [0, 0.1) is 5.92 Å². The summed E-state index contributed by atoms with van der Waals surface area (Å²) in [7, 11) is 0. The van der Waals surface area contributed by atoms with Gasteiger partial charge in [0.2, 0.25) is 35.4 Å². The number of nitrogens with zero attached hydrogens (tertiary/aromatic N) is 3. The van der Waals surface area contributed by atoms with E-state index in [2.05, 4.69) is 26.3 Å². The number of primary amides is 1. The molecule has 1 saturated heterocycles. The van der Waals surface area contributed by atoms with Gasteiger partial charge in [-0.2, -0.15) is 0 Å². The molecule has 1 aromatic carbocycles. The Hall–Kier alpha value is -4.75. The van der Waals surface area contributed by atoms with Crippen molar-refractivity contribution in [3.05, 3.63) is 54.1 Å². The first kappa shape index (κ1) is 37.7. The number of amides is 6. The highest BCUT2D eigenvalue weighted by atomic mass is 16.2. The highest BCUT2D eigenvalue weighted by molar-refractivity contribution is 5.96. The average Bonchev–Trinajstić information content (AvgIpc) is 3.71. The van der Waals surface area contributed by atoms with Crippen LogP contribution in [0.15, 0.2) is 42.9 Å². The number of hydrogen-bond acceptors (Lipinski definition) is 7. The van der Waals surface area contributed by atoms with E-state index < -0.39 is 65.3 Å². The number of imidazole rings is 1. The molecule has 262 valence electrons. The molecular formula is C34H50N8O6. The standard InChI is InChI=1S/C34H50N8O6/c1-20(2)16-26(40-33(48)28-14-11-15-41(28)23(5)43)32(47)39-27(31(46)38-22(4)30(45)37-21(3)29(35)44)17-25-18-36-19-42(25)34(6,7)24-12-9-8-10-13-24/h8-10,12-13,18-22,26-28H,11,14-17H2,1-7H3,(H2,35,44)(H,37,45)(H,38,46)(H,39,47)(H,40,48)/t21-,22-,26-,27-,28?/m0/s1. The van der Waals surface area contributed by atoms with Crippen molar-refractivity contribution in [1.82, 2.24) is 35.7 Å². The molecule has 1 aliphatic rings. The van der Waals surface area contributed by atoms with Gasteiger partial charge >= 0.3 is 0 Å². The molecule has 0 bridgehead atoms. The Balaban J connectivity index is 1.90. The van der Waals surface area contributed by atoms with Crippen molar-refractivity contribution in [2.24, 2.45) is 11.7 Å². The number of aromatic nitrogens is 2. The number of rotatable bonds is 15. The largest absolute Gasteiger partial charge is 0.368 e. The molecule has 0 saturated carbocycles. The molecule has 3 rings (SSSR count). The second kappa shape index (κ2) is 16.4. The number of hydrogen-bond donors (Lipinski definition) is 5. The Morgan fingerprint density at radius 1 is 0.896 bits per heavy atom. The second-order valence-electron chi connectivity index (χ2n) is 13.4. The minimum Gasteiger partial charge on any atom is -0.368 e. The van der Waals surface area contributed by atoms with Gasteiger partial charge in [-0.15, -0.1) is 0 Å². The summed E-state index contributed by atoms with van der Waals surface area (Å²) in [4.78, 5) is 83.2. The fraction of sp³-hybridized carbons (Fsp3) is 0.559. The SMILES string of the molecule is CC(=O)N1CCCC1C(=O)N[C@@H](CC(C)C)C(=O)N[C@@H](Cc1cncn1C(C)(C)c1ccccc1)C(=O)N[C@@H](C)C(=O)N[C@@H](C)C(N)=O. The van der Waals surface area contributed by atoms with Gasteiger partial charge in [0.05, 0.1) is 11.9 Å². The molecule has 0 spiro atoms. The number of nitrogens with two attached hydrogens (primary N) is 1. The van der Waals surface area contributed by atoms with Crippen molar-refractivity contribution in [1.29, 1.82) is 0 Å². The van der Waals surface area contributed by atoms with Gasteiger partial charge in [0, 0.05) is 31.8 Å². The van der Waals surface area contributed by atoms with Crippen molar-refractivity contribution in [2.45, 2.75) is 110 Å². The van der Waals surface area contributed by atoms with Crippen LogP contribution in [0.5, 0.6) is 0 Å². The lowest BCUT2D eigenvalue weighted by atomic mass is 9.93. The number of benzene rings is 1. The summed E-state index contributed by atoms with van der Waals surface area (Å²) in [5, 5.41) is 10.7. The molecule has 14 heteroatoms. The van der Waals surface area contributed by atoms with Crippen LogP contribution in [0.4, 0.5) is 0 Å². The van der Waals surface area contributed by atoms with E-state index in [9.17, 15) is 28.8 Å².